The molecule has 0 saturated heterocycles. The molecule has 0 unspecified atom stereocenters. The van der Waals surface area contributed by atoms with Crippen LogP contribution in [0.1, 0.15) is 27.5 Å². The van der Waals surface area contributed by atoms with Gasteiger partial charge in [-0.15, -0.1) is 22.7 Å². The first-order valence-corrected chi connectivity index (χ1v) is 10.0. The van der Waals surface area contributed by atoms with Gasteiger partial charge in [-0.05, 0) is 44.0 Å². The van der Waals surface area contributed by atoms with Crippen molar-refractivity contribution in [2.75, 3.05) is 0 Å². The summed E-state index contributed by atoms with van der Waals surface area (Å²) < 4.78 is 27.6. The summed E-state index contributed by atoms with van der Waals surface area (Å²) >= 11 is 2.95. The van der Waals surface area contributed by atoms with Crippen LogP contribution in [0.4, 0.5) is 0 Å². The molecule has 1 aliphatic carbocycles. The van der Waals surface area contributed by atoms with Crippen LogP contribution in [0.2, 0.25) is 0 Å². The molecule has 3 rings (SSSR count). The lowest BCUT2D eigenvalue weighted by Crippen LogP contribution is -2.21. The summed E-state index contributed by atoms with van der Waals surface area (Å²) in [5, 5.41) is 3.40. The number of thiophene rings is 2. The minimum Gasteiger partial charge on any atom is -0.309 e. The molecule has 2 aromatic rings. The van der Waals surface area contributed by atoms with Crippen molar-refractivity contribution in [2.24, 2.45) is 0 Å². The van der Waals surface area contributed by atoms with Crippen LogP contribution in [0.3, 0.4) is 0 Å². The van der Waals surface area contributed by atoms with Crippen LogP contribution >= 0.6 is 22.7 Å². The smallest absolute Gasteiger partial charge is 0.250 e. The van der Waals surface area contributed by atoms with Gasteiger partial charge in [0.1, 0.15) is 4.21 Å². The average Bonchev–Trinajstić information content (AvgIpc) is 2.97. The van der Waals surface area contributed by atoms with Gasteiger partial charge in [0.2, 0.25) is 10.0 Å². The summed E-state index contributed by atoms with van der Waals surface area (Å²) in [7, 11) is -3.40. The molecular formula is C14H18N2O2S3. The Morgan fingerprint density at radius 3 is 2.48 bits per heavy atom. The van der Waals surface area contributed by atoms with Crippen molar-refractivity contribution in [1.82, 2.24) is 10.0 Å². The second-order valence-electron chi connectivity index (χ2n) is 5.21. The average molecular weight is 343 g/mol. The second-order valence-corrected chi connectivity index (χ2v) is 9.75. The van der Waals surface area contributed by atoms with Crippen LogP contribution in [0.25, 0.3) is 0 Å². The first-order valence-electron chi connectivity index (χ1n) is 6.90. The van der Waals surface area contributed by atoms with Crippen molar-refractivity contribution in [3.8, 4) is 0 Å². The van der Waals surface area contributed by atoms with E-state index in [1.807, 2.05) is 25.1 Å². The van der Waals surface area contributed by atoms with E-state index in [0.717, 1.165) is 16.3 Å². The van der Waals surface area contributed by atoms with Gasteiger partial charge in [0.05, 0.1) is 0 Å². The minimum absolute atomic E-state index is 0.356. The number of rotatable bonds is 7. The van der Waals surface area contributed by atoms with Crippen LogP contribution in [-0.4, -0.2) is 14.5 Å². The second kappa shape index (κ2) is 6.18. The molecular weight excluding hydrogens is 324 g/mol. The highest BCUT2D eigenvalue weighted by Gasteiger charge is 2.21. The third kappa shape index (κ3) is 4.14. The fourth-order valence-corrected chi connectivity index (χ4v) is 5.23. The van der Waals surface area contributed by atoms with Gasteiger partial charge in [0, 0.05) is 33.8 Å². The summed E-state index contributed by atoms with van der Waals surface area (Å²) in [5.41, 5.74) is 0. The number of aryl methyl sites for hydroxylation is 1. The van der Waals surface area contributed by atoms with Crippen molar-refractivity contribution in [3.63, 3.8) is 0 Å². The molecule has 2 N–H and O–H groups in total. The minimum atomic E-state index is -3.40. The quantitative estimate of drug-likeness (QED) is 0.813. The van der Waals surface area contributed by atoms with Gasteiger partial charge in [0.15, 0.2) is 0 Å². The molecule has 114 valence electrons. The van der Waals surface area contributed by atoms with Crippen LogP contribution in [0.15, 0.2) is 28.5 Å². The van der Waals surface area contributed by atoms with E-state index >= 15 is 0 Å². The predicted molar refractivity (Wildman–Crippen MR) is 87.3 cm³/mol. The summed E-state index contributed by atoms with van der Waals surface area (Å²) in [4.78, 5) is 3.28. The lowest BCUT2D eigenvalue weighted by atomic mass is 10.4. The van der Waals surface area contributed by atoms with E-state index in [0.29, 0.717) is 16.8 Å². The Balaban J connectivity index is 1.60. The Bertz CT molecular complexity index is 714. The highest BCUT2D eigenvalue weighted by molar-refractivity contribution is 7.91. The lowest BCUT2D eigenvalue weighted by molar-refractivity contribution is 0.584. The van der Waals surface area contributed by atoms with Gasteiger partial charge in [0.25, 0.3) is 0 Å². The zero-order valence-corrected chi connectivity index (χ0v) is 14.2. The molecule has 0 aliphatic heterocycles. The zero-order chi connectivity index (χ0) is 14.9. The maximum atomic E-state index is 12.3. The van der Waals surface area contributed by atoms with Gasteiger partial charge < -0.3 is 5.32 Å². The molecule has 0 amide bonds. The molecule has 1 saturated carbocycles. The molecule has 0 bridgehead atoms. The molecule has 1 fully saturated rings. The fourth-order valence-electron chi connectivity index (χ4n) is 1.95. The SMILES string of the molecule is Cc1ccc(CNS(=O)(=O)c2ccc(CNC3CC3)s2)s1. The number of nitrogens with one attached hydrogen (secondary N) is 2. The highest BCUT2D eigenvalue weighted by atomic mass is 32.2. The van der Waals surface area contributed by atoms with E-state index in [1.54, 1.807) is 17.4 Å². The molecule has 2 heterocycles. The summed E-state index contributed by atoms with van der Waals surface area (Å²) in [6.07, 6.45) is 2.47. The Morgan fingerprint density at radius 2 is 1.81 bits per heavy atom. The third-order valence-electron chi connectivity index (χ3n) is 3.28. The molecule has 2 aromatic heterocycles. The van der Waals surface area contributed by atoms with Gasteiger partial charge in [-0.3, -0.25) is 0 Å². The number of hydrogen-bond acceptors (Lipinski definition) is 5. The molecule has 0 atom stereocenters. The highest BCUT2D eigenvalue weighted by Crippen LogP contribution is 2.24. The summed E-state index contributed by atoms with van der Waals surface area (Å²) in [6.45, 7) is 3.13. The van der Waals surface area contributed by atoms with Crippen LogP contribution in [0, 0.1) is 6.92 Å². The molecule has 4 nitrogen and oxygen atoms in total. The van der Waals surface area contributed by atoms with Gasteiger partial charge in [-0.25, -0.2) is 13.1 Å². The van der Waals surface area contributed by atoms with E-state index in [9.17, 15) is 8.42 Å². The fraction of sp³-hybridized carbons (Fsp3) is 0.429. The monoisotopic (exact) mass is 342 g/mol. The van der Waals surface area contributed by atoms with Crippen molar-refractivity contribution >= 4 is 32.7 Å². The Labute approximate surface area is 133 Å². The van der Waals surface area contributed by atoms with Crippen LogP contribution in [-0.2, 0) is 23.1 Å². The molecule has 0 radical (unpaired) electrons. The summed E-state index contributed by atoms with van der Waals surface area (Å²) in [5.74, 6) is 0. The first-order chi connectivity index (χ1) is 10.0. The zero-order valence-electron chi connectivity index (χ0n) is 11.8. The van der Waals surface area contributed by atoms with Crippen molar-refractivity contribution in [3.05, 3.63) is 38.9 Å². The van der Waals surface area contributed by atoms with Gasteiger partial charge >= 0.3 is 0 Å². The van der Waals surface area contributed by atoms with Gasteiger partial charge in [-0.1, -0.05) is 0 Å². The van der Waals surface area contributed by atoms with E-state index in [4.69, 9.17) is 0 Å². The third-order valence-corrected chi connectivity index (χ3v) is 7.26. The van der Waals surface area contributed by atoms with E-state index in [-0.39, 0.29) is 0 Å². The number of sulfonamides is 1. The van der Waals surface area contributed by atoms with Crippen LogP contribution in [0.5, 0.6) is 0 Å². The normalized spacial score (nSPS) is 15.5. The maximum Gasteiger partial charge on any atom is 0.250 e. The molecule has 21 heavy (non-hydrogen) atoms. The van der Waals surface area contributed by atoms with Crippen LogP contribution < -0.4 is 10.0 Å². The number of hydrogen-bond donors (Lipinski definition) is 2. The summed E-state index contributed by atoms with van der Waals surface area (Å²) in [6, 6.07) is 8.18. The van der Waals surface area contributed by atoms with E-state index < -0.39 is 10.0 Å². The Morgan fingerprint density at radius 1 is 1.10 bits per heavy atom. The maximum absolute atomic E-state index is 12.3. The van der Waals surface area contributed by atoms with Gasteiger partial charge in [-0.2, -0.15) is 0 Å². The largest absolute Gasteiger partial charge is 0.309 e. The van der Waals surface area contributed by atoms with Crippen molar-refractivity contribution in [1.29, 1.82) is 0 Å². The molecule has 7 heteroatoms. The van der Waals surface area contributed by atoms with Crippen molar-refractivity contribution < 1.29 is 8.42 Å². The lowest BCUT2D eigenvalue weighted by Gasteiger charge is -2.03. The predicted octanol–water partition coefficient (Wildman–Crippen LogP) is 2.85. The standard InChI is InChI=1S/C14H18N2O2S3/c1-10-2-5-13(19-10)9-16-21(17,18)14-7-6-12(20-14)8-15-11-3-4-11/h2,5-7,11,15-16H,3-4,8-9H2,1H3. The molecule has 1 aliphatic rings. The van der Waals surface area contributed by atoms with E-state index in [2.05, 4.69) is 10.0 Å². The molecule has 0 aromatic carbocycles. The Kier molecular flexibility index (Phi) is 4.46. The Hall–Kier alpha value is -0.730. The topological polar surface area (TPSA) is 58.2 Å². The molecule has 0 spiro atoms. The van der Waals surface area contributed by atoms with E-state index in [1.165, 1.54) is 29.1 Å². The first kappa shape index (κ1) is 15.2. The van der Waals surface area contributed by atoms with Crippen molar-refractivity contribution in [2.45, 2.75) is 43.1 Å².